The lowest BCUT2D eigenvalue weighted by atomic mass is 9.94. The smallest absolute Gasteiger partial charge is 0.158 e. The summed E-state index contributed by atoms with van der Waals surface area (Å²) >= 11 is 6.71. The van der Waals surface area contributed by atoms with Crippen molar-refractivity contribution in [1.29, 1.82) is 0 Å². The third-order valence-electron chi connectivity index (χ3n) is 3.56. The molecular formula is C16H16ClN3. The average Bonchev–Trinajstić information content (AvgIpc) is 2.46. The van der Waals surface area contributed by atoms with Crippen molar-refractivity contribution in [2.24, 2.45) is 11.5 Å². The molecule has 0 fully saturated rings. The second kappa shape index (κ2) is 4.76. The topological polar surface area (TPSA) is 64.1 Å². The lowest BCUT2D eigenvalue weighted by Gasteiger charge is -2.36. The van der Waals surface area contributed by atoms with Crippen LogP contribution in [0.4, 0.5) is 5.69 Å². The molecule has 0 aromatic heterocycles. The SMILES string of the molecule is NC1=C(N)C(Cl)(Cc2ccccc2)Nc2ccccc21. The number of hydrogen-bond donors (Lipinski definition) is 3. The van der Waals surface area contributed by atoms with Crippen molar-refractivity contribution in [3.8, 4) is 0 Å². The zero-order chi connectivity index (χ0) is 14.2. The Bertz CT molecular complexity index is 666. The summed E-state index contributed by atoms with van der Waals surface area (Å²) in [5, 5.41) is 3.30. The fraction of sp³-hybridized carbons (Fsp3) is 0.125. The number of hydrogen-bond acceptors (Lipinski definition) is 3. The van der Waals surface area contributed by atoms with Gasteiger partial charge in [-0.3, -0.25) is 0 Å². The van der Waals surface area contributed by atoms with Gasteiger partial charge in [-0.15, -0.1) is 0 Å². The highest BCUT2D eigenvalue weighted by Crippen LogP contribution is 2.38. The molecule has 1 atom stereocenters. The van der Waals surface area contributed by atoms with Gasteiger partial charge in [-0.25, -0.2) is 0 Å². The molecule has 4 heteroatoms. The molecule has 3 rings (SSSR count). The fourth-order valence-corrected chi connectivity index (χ4v) is 2.84. The zero-order valence-electron chi connectivity index (χ0n) is 10.9. The minimum absolute atomic E-state index is 0.474. The first-order valence-corrected chi connectivity index (χ1v) is 6.84. The third kappa shape index (κ3) is 2.10. The van der Waals surface area contributed by atoms with Gasteiger partial charge < -0.3 is 16.8 Å². The second-order valence-electron chi connectivity index (χ2n) is 4.96. The van der Waals surface area contributed by atoms with Crippen molar-refractivity contribution < 1.29 is 0 Å². The van der Waals surface area contributed by atoms with Gasteiger partial charge in [-0.2, -0.15) is 0 Å². The summed E-state index contributed by atoms with van der Waals surface area (Å²) in [6.07, 6.45) is 0.566. The largest absolute Gasteiger partial charge is 0.397 e. The number of alkyl halides is 1. The van der Waals surface area contributed by atoms with Crippen LogP contribution in [0.25, 0.3) is 5.70 Å². The van der Waals surface area contributed by atoms with Gasteiger partial charge in [0.25, 0.3) is 0 Å². The van der Waals surface area contributed by atoms with Crippen LogP contribution >= 0.6 is 11.6 Å². The van der Waals surface area contributed by atoms with Gasteiger partial charge in [0.1, 0.15) is 0 Å². The Morgan fingerprint density at radius 3 is 2.35 bits per heavy atom. The van der Waals surface area contributed by atoms with Crippen molar-refractivity contribution in [3.63, 3.8) is 0 Å². The standard InChI is InChI=1S/C16H16ClN3/c17-16(10-11-6-2-1-3-7-11)15(19)14(18)12-8-4-5-9-13(12)20-16/h1-9,20H,10,18-19H2. The number of para-hydroxylation sites is 1. The highest BCUT2D eigenvalue weighted by Gasteiger charge is 2.37. The van der Waals surface area contributed by atoms with Crippen LogP contribution in [0.5, 0.6) is 0 Å². The fourth-order valence-electron chi connectivity index (χ4n) is 2.48. The van der Waals surface area contributed by atoms with Gasteiger partial charge in [0.05, 0.1) is 11.4 Å². The first kappa shape index (κ1) is 12.9. The molecule has 2 aromatic rings. The van der Waals surface area contributed by atoms with Crippen LogP contribution in [0.1, 0.15) is 11.1 Å². The minimum atomic E-state index is -0.889. The Labute approximate surface area is 123 Å². The Balaban J connectivity index is 2.02. The molecule has 1 aliphatic heterocycles. The van der Waals surface area contributed by atoms with E-state index in [0.717, 1.165) is 16.8 Å². The maximum atomic E-state index is 6.71. The van der Waals surface area contributed by atoms with Gasteiger partial charge in [0.2, 0.25) is 0 Å². The Morgan fingerprint density at radius 2 is 1.60 bits per heavy atom. The molecule has 0 bridgehead atoms. The van der Waals surface area contributed by atoms with Crippen LogP contribution in [0, 0.1) is 0 Å². The van der Waals surface area contributed by atoms with E-state index in [1.54, 1.807) is 0 Å². The number of anilines is 1. The van der Waals surface area contributed by atoms with Crippen LogP contribution in [0.15, 0.2) is 60.3 Å². The molecule has 1 unspecified atom stereocenters. The number of nitrogens with two attached hydrogens (primary N) is 2. The summed E-state index contributed by atoms with van der Waals surface area (Å²) in [5.74, 6) is 0. The maximum absolute atomic E-state index is 6.71. The normalized spacial score (nSPS) is 21.2. The van der Waals surface area contributed by atoms with E-state index in [4.69, 9.17) is 23.1 Å². The van der Waals surface area contributed by atoms with E-state index < -0.39 is 5.00 Å². The predicted octanol–water partition coefficient (Wildman–Crippen LogP) is 2.88. The first-order chi connectivity index (χ1) is 9.60. The molecule has 102 valence electrons. The zero-order valence-corrected chi connectivity index (χ0v) is 11.7. The minimum Gasteiger partial charge on any atom is -0.397 e. The molecule has 1 heterocycles. The summed E-state index contributed by atoms with van der Waals surface area (Å²) in [6.45, 7) is 0. The highest BCUT2D eigenvalue weighted by molar-refractivity contribution is 6.28. The Hall–Kier alpha value is -2.13. The third-order valence-corrected chi connectivity index (χ3v) is 3.99. The van der Waals surface area contributed by atoms with Crippen LogP contribution < -0.4 is 16.8 Å². The molecule has 0 amide bonds. The van der Waals surface area contributed by atoms with E-state index in [-0.39, 0.29) is 0 Å². The Morgan fingerprint density at radius 1 is 0.950 bits per heavy atom. The van der Waals surface area contributed by atoms with Crippen LogP contribution in [0.3, 0.4) is 0 Å². The lowest BCUT2D eigenvalue weighted by molar-refractivity contribution is 0.722. The Kier molecular flexibility index (Phi) is 3.07. The van der Waals surface area contributed by atoms with E-state index in [1.807, 2.05) is 54.6 Å². The van der Waals surface area contributed by atoms with E-state index in [1.165, 1.54) is 0 Å². The van der Waals surface area contributed by atoms with Crippen LogP contribution in [0.2, 0.25) is 0 Å². The van der Waals surface area contributed by atoms with Gasteiger partial charge >= 0.3 is 0 Å². The molecule has 0 saturated heterocycles. The van der Waals surface area contributed by atoms with Gasteiger partial charge in [0.15, 0.2) is 5.00 Å². The van der Waals surface area contributed by atoms with E-state index in [0.29, 0.717) is 17.8 Å². The van der Waals surface area contributed by atoms with E-state index in [2.05, 4.69) is 5.32 Å². The number of benzene rings is 2. The maximum Gasteiger partial charge on any atom is 0.158 e. The number of halogens is 1. The van der Waals surface area contributed by atoms with Crippen molar-refractivity contribution >= 4 is 23.0 Å². The molecule has 0 saturated carbocycles. The molecule has 2 aromatic carbocycles. The van der Waals surface area contributed by atoms with Gasteiger partial charge in [-0.1, -0.05) is 60.1 Å². The number of fused-ring (bicyclic) bond motifs is 1. The predicted molar refractivity (Wildman–Crippen MR) is 84.1 cm³/mol. The first-order valence-electron chi connectivity index (χ1n) is 6.46. The van der Waals surface area contributed by atoms with Crippen LogP contribution in [-0.4, -0.2) is 5.00 Å². The molecule has 20 heavy (non-hydrogen) atoms. The molecule has 5 N–H and O–H groups in total. The van der Waals surface area contributed by atoms with Crippen molar-refractivity contribution in [2.75, 3.05) is 5.32 Å². The summed E-state index contributed by atoms with van der Waals surface area (Å²) < 4.78 is 0. The quantitative estimate of drug-likeness (QED) is 0.587. The molecule has 0 radical (unpaired) electrons. The highest BCUT2D eigenvalue weighted by atomic mass is 35.5. The summed E-state index contributed by atoms with van der Waals surface area (Å²) in [5.41, 5.74) is 16.3. The number of nitrogens with one attached hydrogen (secondary N) is 1. The van der Waals surface area contributed by atoms with Crippen LogP contribution in [-0.2, 0) is 6.42 Å². The van der Waals surface area contributed by atoms with Crippen molar-refractivity contribution in [3.05, 3.63) is 71.4 Å². The van der Waals surface area contributed by atoms with Gasteiger partial charge in [-0.05, 0) is 11.6 Å². The van der Waals surface area contributed by atoms with Crippen molar-refractivity contribution in [1.82, 2.24) is 0 Å². The molecule has 0 spiro atoms. The van der Waals surface area contributed by atoms with Gasteiger partial charge in [0, 0.05) is 17.7 Å². The number of rotatable bonds is 2. The summed E-state index contributed by atoms with van der Waals surface area (Å²) in [4.78, 5) is -0.889. The molecule has 1 aliphatic rings. The summed E-state index contributed by atoms with van der Waals surface area (Å²) in [6, 6.07) is 17.7. The monoisotopic (exact) mass is 285 g/mol. The van der Waals surface area contributed by atoms with Crippen molar-refractivity contribution in [2.45, 2.75) is 11.4 Å². The average molecular weight is 286 g/mol. The summed E-state index contributed by atoms with van der Waals surface area (Å²) in [7, 11) is 0. The van der Waals surface area contributed by atoms with E-state index in [9.17, 15) is 0 Å². The lowest BCUT2D eigenvalue weighted by Crippen LogP contribution is -2.44. The molecular weight excluding hydrogens is 270 g/mol. The molecule has 3 nitrogen and oxygen atoms in total. The van der Waals surface area contributed by atoms with E-state index >= 15 is 0 Å². The second-order valence-corrected chi connectivity index (χ2v) is 5.61. The molecule has 0 aliphatic carbocycles.